The summed E-state index contributed by atoms with van der Waals surface area (Å²) in [7, 11) is 5.66. The zero-order chi connectivity index (χ0) is 14.7. The Morgan fingerprint density at radius 1 is 1.42 bits per heavy atom. The molecule has 0 aromatic carbocycles. The maximum atomic E-state index is 11.3. The lowest BCUT2D eigenvalue weighted by atomic mass is 10.1. The third-order valence-corrected chi connectivity index (χ3v) is 2.80. The molecule has 1 aromatic heterocycles. The molecule has 1 aromatic rings. The van der Waals surface area contributed by atoms with Gasteiger partial charge in [-0.2, -0.15) is 5.10 Å². The zero-order valence-corrected chi connectivity index (χ0v) is 12.5. The Balaban J connectivity index is 3.09. The number of anilines is 1. The summed E-state index contributed by atoms with van der Waals surface area (Å²) in [6, 6.07) is 0.101. The predicted molar refractivity (Wildman–Crippen MR) is 75.6 cm³/mol. The van der Waals surface area contributed by atoms with Crippen molar-refractivity contribution >= 4 is 11.5 Å². The highest BCUT2D eigenvalue weighted by atomic mass is 16.6. The SMILES string of the molecule is CC(CN(C)C)Nc1c([N+](=O)[O-])c(C(C)C)nn1C. The first-order chi connectivity index (χ1) is 8.73. The van der Waals surface area contributed by atoms with E-state index in [9.17, 15) is 10.1 Å². The van der Waals surface area contributed by atoms with Crippen LogP contribution in [0.2, 0.25) is 0 Å². The largest absolute Gasteiger partial charge is 0.361 e. The Kier molecular flexibility index (Phi) is 4.88. The molecule has 19 heavy (non-hydrogen) atoms. The van der Waals surface area contributed by atoms with Crippen LogP contribution in [0.4, 0.5) is 11.5 Å². The Morgan fingerprint density at radius 2 is 2.00 bits per heavy atom. The van der Waals surface area contributed by atoms with Crippen molar-refractivity contribution in [2.24, 2.45) is 7.05 Å². The molecule has 1 atom stereocenters. The molecule has 1 heterocycles. The number of rotatable bonds is 6. The van der Waals surface area contributed by atoms with Gasteiger partial charge in [0.25, 0.3) is 0 Å². The van der Waals surface area contributed by atoms with Crippen LogP contribution in [0.5, 0.6) is 0 Å². The highest BCUT2D eigenvalue weighted by Crippen LogP contribution is 2.33. The summed E-state index contributed by atoms with van der Waals surface area (Å²) in [5.74, 6) is 0.495. The molecule has 0 amide bonds. The molecule has 0 aliphatic carbocycles. The van der Waals surface area contributed by atoms with E-state index in [1.165, 1.54) is 0 Å². The van der Waals surface area contributed by atoms with E-state index in [1.807, 2.05) is 39.8 Å². The van der Waals surface area contributed by atoms with Crippen molar-refractivity contribution in [1.29, 1.82) is 0 Å². The molecule has 0 fully saturated rings. The van der Waals surface area contributed by atoms with Crippen LogP contribution in [0.3, 0.4) is 0 Å². The monoisotopic (exact) mass is 269 g/mol. The van der Waals surface area contributed by atoms with E-state index < -0.39 is 0 Å². The van der Waals surface area contributed by atoms with Gasteiger partial charge in [-0.05, 0) is 21.0 Å². The lowest BCUT2D eigenvalue weighted by Crippen LogP contribution is -2.30. The van der Waals surface area contributed by atoms with Gasteiger partial charge in [-0.15, -0.1) is 0 Å². The van der Waals surface area contributed by atoms with E-state index in [1.54, 1.807) is 11.7 Å². The average molecular weight is 269 g/mol. The molecule has 1 N–H and O–H groups in total. The first kappa shape index (κ1) is 15.4. The fourth-order valence-corrected chi connectivity index (χ4v) is 2.09. The van der Waals surface area contributed by atoms with Gasteiger partial charge in [0, 0.05) is 25.6 Å². The van der Waals surface area contributed by atoms with Crippen LogP contribution in [0.25, 0.3) is 0 Å². The number of aryl methyl sites for hydroxylation is 1. The standard InChI is InChI=1S/C12H23N5O2/c1-8(2)10-11(17(18)19)12(16(6)14-10)13-9(3)7-15(4)5/h8-9,13H,7H2,1-6H3. The number of likely N-dealkylation sites (N-methyl/N-ethyl adjacent to an activating group) is 1. The van der Waals surface area contributed by atoms with E-state index in [0.29, 0.717) is 11.5 Å². The first-order valence-corrected chi connectivity index (χ1v) is 6.36. The predicted octanol–water partition coefficient (Wildman–Crippen LogP) is 1.81. The number of nitrogens with one attached hydrogen (secondary N) is 1. The third-order valence-electron chi connectivity index (χ3n) is 2.80. The van der Waals surface area contributed by atoms with E-state index in [-0.39, 0.29) is 22.6 Å². The van der Waals surface area contributed by atoms with Crippen LogP contribution < -0.4 is 5.32 Å². The second-order valence-electron chi connectivity index (χ2n) is 5.43. The summed E-state index contributed by atoms with van der Waals surface area (Å²) in [5.41, 5.74) is 0.607. The minimum atomic E-state index is -0.354. The second-order valence-corrected chi connectivity index (χ2v) is 5.43. The van der Waals surface area contributed by atoms with Gasteiger partial charge in [-0.3, -0.25) is 10.1 Å². The van der Waals surface area contributed by atoms with Crippen LogP contribution in [-0.4, -0.2) is 46.3 Å². The fourth-order valence-electron chi connectivity index (χ4n) is 2.09. The number of nitro groups is 1. The summed E-state index contributed by atoms with van der Waals surface area (Å²) in [5, 5.41) is 18.7. The van der Waals surface area contributed by atoms with Gasteiger partial charge < -0.3 is 10.2 Å². The van der Waals surface area contributed by atoms with E-state index in [0.717, 1.165) is 6.54 Å². The molecular formula is C12H23N5O2. The highest BCUT2D eigenvalue weighted by Gasteiger charge is 2.29. The van der Waals surface area contributed by atoms with Crippen molar-refractivity contribution < 1.29 is 4.92 Å². The van der Waals surface area contributed by atoms with Crippen molar-refractivity contribution in [1.82, 2.24) is 14.7 Å². The molecule has 108 valence electrons. The summed E-state index contributed by atoms with van der Waals surface area (Å²) in [6.07, 6.45) is 0. The van der Waals surface area contributed by atoms with Gasteiger partial charge in [0.05, 0.1) is 4.92 Å². The van der Waals surface area contributed by atoms with Crippen LogP contribution >= 0.6 is 0 Å². The number of aromatic nitrogens is 2. The van der Waals surface area contributed by atoms with Gasteiger partial charge in [-0.1, -0.05) is 13.8 Å². The Morgan fingerprint density at radius 3 is 2.42 bits per heavy atom. The van der Waals surface area contributed by atoms with Crippen LogP contribution in [0.1, 0.15) is 32.4 Å². The van der Waals surface area contributed by atoms with Crippen molar-refractivity contribution in [3.05, 3.63) is 15.8 Å². The molecule has 0 spiro atoms. The van der Waals surface area contributed by atoms with Crippen LogP contribution in [-0.2, 0) is 7.05 Å². The molecule has 1 unspecified atom stereocenters. The average Bonchev–Trinajstić information content (AvgIpc) is 2.55. The van der Waals surface area contributed by atoms with Gasteiger partial charge in [-0.25, -0.2) is 4.68 Å². The maximum Gasteiger partial charge on any atom is 0.334 e. The first-order valence-electron chi connectivity index (χ1n) is 6.36. The topological polar surface area (TPSA) is 76.2 Å². The molecule has 0 saturated heterocycles. The molecule has 0 radical (unpaired) electrons. The normalized spacial score (nSPS) is 13.1. The molecule has 0 aliphatic rings. The lowest BCUT2D eigenvalue weighted by Gasteiger charge is -2.18. The summed E-state index contributed by atoms with van der Waals surface area (Å²) >= 11 is 0. The number of hydrogen-bond acceptors (Lipinski definition) is 5. The van der Waals surface area contributed by atoms with Gasteiger partial charge in [0.1, 0.15) is 5.69 Å². The minimum Gasteiger partial charge on any atom is -0.361 e. The summed E-state index contributed by atoms with van der Waals surface area (Å²) in [4.78, 5) is 12.9. The Labute approximate surface area is 113 Å². The molecule has 0 bridgehead atoms. The van der Waals surface area contributed by atoms with Crippen molar-refractivity contribution in [3.8, 4) is 0 Å². The Hall–Kier alpha value is -1.63. The van der Waals surface area contributed by atoms with Crippen LogP contribution in [0.15, 0.2) is 0 Å². The lowest BCUT2D eigenvalue weighted by molar-refractivity contribution is -0.384. The zero-order valence-electron chi connectivity index (χ0n) is 12.5. The van der Waals surface area contributed by atoms with Crippen molar-refractivity contribution in [3.63, 3.8) is 0 Å². The van der Waals surface area contributed by atoms with Crippen molar-refractivity contribution in [2.75, 3.05) is 26.0 Å². The summed E-state index contributed by atoms with van der Waals surface area (Å²) in [6.45, 7) is 6.59. The molecule has 0 aliphatic heterocycles. The quantitative estimate of drug-likeness (QED) is 0.629. The highest BCUT2D eigenvalue weighted by molar-refractivity contribution is 5.61. The number of hydrogen-bond donors (Lipinski definition) is 1. The fraction of sp³-hybridized carbons (Fsp3) is 0.750. The van der Waals surface area contributed by atoms with E-state index >= 15 is 0 Å². The summed E-state index contributed by atoms with van der Waals surface area (Å²) < 4.78 is 1.56. The molecule has 7 nitrogen and oxygen atoms in total. The Bertz CT molecular complexity index is 453. The van der Waals surface area contributed by atoms with Crippen LogP contribution in [0, 0.1) is 10.1 Å². The van der Waals surface area contributed by atoms with Gasteiger partial charge in [0.2, 0.25) is 5.82 Å². The van der Waals surface area contributed by atoms with Gasteiger partial charge in [0.15, 0.2) is 0 Å². The maximum absolute atomic E-state index is 11.3. The number of nitrogens with zero attached hydrogens (tertiary/aromatic N) is 4. The second kappa shape index (κ2) is 6.01. The van der Waals surface area contributed by atoms with Crippen molar-refractivity contribution in [2.45, 2.75) is 32.7 Å². The molecule has 1 rings (SSSR count). The smallest absolute Gasteiger partial charge is 0.334 e. The van der Waals surface area contributed by atoms with E-state index in [2.05, 4.69) is 10.4 Å². The van der Waals surface area contributed by atoms with E-state index in [4.69, 9.17) is 0 Å². The molecule has 0 saturated carbocycles. The minimum absolute atomic E-state index is 0.0197. The molecule has 7 heteroatoms. The third kappa shape index (κ3) is 3.66. The molecular weight excluding hydrogens is 246 g/mol. The van der Waals surface area contributed by atoms with Gasteiger partial charge >= 0.3 is 5.69 Å².